The second-order valence-corrected chi connectivity index (χ2v) is 5.16. The third-order valence-electron chi connectivity index (χ3n) is 2.75. The summed E-state index contributed by atoms with van der Waals surface area (Å²) in [7, 11) is 2.12. The van der Waals surface area contributed by atoms with Crippen LogP contribution >= 0.6 is 11.3 Å². The Bertz CT molecular complexity index is 380. The molecule has 0 aliphatic carbocycles. The van der Waals surface area contributed by atoms with Crippen LogP contribution in [0.25, 0.3) is 0 Å². The van der Waals surface area contributed by atoms with Crippen molar-refractivity contribution >= 4 is 22.4 Å². The Morgan fingerprint density at radius 1 is 1.81 bits per heavy atom. The summed E-state index contributed by atoms with van der Waals surface area (Å²) in [6.07, 6.45) is 2.59. The van der Waals surface area contributed by atoms with Gasteiger partial charge in [0.15, 0.2) is 5.13 Å². The Morgan fingerprint density at radius 2 is 2.62 bits per heavy atom. The number of likely N-dealkylation sites (tertiary alicyclic amines) is 1. The molecule has 1 aromatic rings. The fraction of sp³-hybridized carbons (Fsp3) is 0.600. The fourth-order valence-electron chi connectivity index (χ4n) is 1.88. The van der Waals surface area contributed by atoms with Crippen LogP contribution < -0.4 is 5.32 Å². The van der Waals surface area contributed by atoms with Gasteiger partial charge >= 0.3 is 5.97 Å². The second kappa shape index (κ2) is 4.80. The second-order valence-electron chi connectivity index (χ2n) is 4.13. The van der Waals surface area contributed by atoms with Gasteiger partial charge in [0.05, 0.1) is 6.20 Å². The maximum absolute atomic E-state index is 10.7. The number of carbonyl (C=O) groups is 1. The lowest BCUT2D eigenvalue weighted by Gasteiger charge is -2.10. The number of thiazole rings is 1. The first-order valence-electron chi connectivity index (χ1n) is 5.26. The van der Waals surface area contributed by atoms with Crippen molar-refractivity contribution in [2.24, 2.45) is 5.92 Å². The van der Waals surface area contributed by atoms with E-state index in [2.05, 4.69) is 22.2 Å². The lowest BCUT2D eigenvalue weighted by atomic mass is 10.1. The van der Waals surface area contributed by atoms with Crippen LogP contribution in [0.4, 0.5) is 5.13 Å². The van der Waals surface area contributed by atoms with Crippen LogP contribution in [0.2, 0.25) is 0 Å². The van der Waals surface area contributed by atoms with E-state index in [4.69, 9.17) is 5.11 Å². The summed E-state index contributed by atoms with van der Waals surface area (Å²) in [4.78, 5) is 17.3. The van der Waals surface area contributed by atoms with E-state index < -0.39 is 5.97 Å². The molecule has 0 bridgehead atoms. The summed E-state index contributed by atoms with van der Waals surface area (Å²) in [6.45, 7) is 3.12. The Morgan fingerprint density at radius 3 is 3.19 bits per heavy atom. The Balaban J connectivity index is 1.83. The van der Waals surface area contributed by atoms with Crippen molar-refractivity contribution in [3.8, 4) is 0 Å². The molecule has 2 heterocycles. The zero-order valence-electron chi connectivity index (χ0n) is 9.14. The number of rotatable bonds is 4. The normalized spacial score (nSPS) is 21.2. The number of carboxylic acids is 1. The van der Waals surface area contributed by atoms with Gasteiger partial charge in [-0.3, -0.25) is 0 Å². The van der Waals surface area contributed by atoms with Crippen molar-refractivity contribution in [3.63, 3.8) is 0 Å². The summed E-state index contributed by atoms with van der Waals surface area (Å²) in [6, 6.07) is 0. The first-order valence-corrected chi connectivity index (χ1v) is 6.08. The molecule has 5 nitrogen and oxygen atoms in total. The highest BCUT2D eigenvalue weighted by atomic mass is 32.1. The molecular weight excluding hydrogens is 226 g/mol. The molecule has 2 rings (SSSR count). The molecule has 1 saturated heterocycles. The van der Waals surface area contributed by atoms with Crippen LogP contribution in [0.15, 0.2) is 6.20 Å². The van der Waals surface area contributed by atoms with Gasteiger partial charge in [0, 0.05) is 13.1 Å². The zero-order valence-corrected chi connectivity index (χ0v) is 9.96. The minimum atomic E-state index is -0.911. The predicted molar refractivity (Wildman–Crippen MR) is 63.2 cm³/mol. The van der Waals surface area contributed by atoms with Gasteiger partial charge < -0.3 is 15.3 Å². The Kier molecular flexibility index (Phi) is 3.40. The van der Waals surface area contributed by atoms with E-state index in [0.717, 1.165) is 19.6 Å². The van der Waals surface area contributed by atoms with E-state index in [1.807, 2.05) is 0 Å². The highest BCUT2D eigenvalue weighted by molar-refractivity contribution is 7.17. The number of nitrogens with zero attached hydrogens (tertiary/aromatic N) is 2. The Hall–Kier alpha value is -1.14. The first-order chi connectivity index (χ1) is 7.65. The molecule has 1 aliphatic rings. The van der Waals surface area contributed by atoms with Gasteiger partial charge in [0.25, 0.3) is 0 Å². The largest absolute Gasteiger partial charge is 0.477 e. The summed E-state index contributed by atoms with van der Waals surface area (Å²) in [5, 5.41) is 12.6. The zero-order chi connectivity index (χ0) is 11.5. The summed E-state index contributed by atoms with van der Waals surface area (Å²) in [5.74, 6) is -0.270. The van der Waals surface area contributed by atoms with E-state index in [1.54, 1.807) is 0 Å². The molecule has 2 N–H and O–H groups in total. The molecule has 1 aliphatic heterocycles. The number of aromatic carboxylic acids is 1. The number of anilines is 1. The number of nitrogens with one attached hydrogen (secondary N) is 1. The topological polar surface area (TPSA) is 65.5 Å². The van der Waals surface area contributed by atoms with Crippen molar-refractivity contribution < 1.29 is 9.90 Å². The van der Waals surface area contributed by atoms with Crippen molar-refractivity contribution in [1.82, 2.24) is 9.88 Å². The van der Waals surface area contributed by atoms with Gasteiger partial charge in [0.1, 0.15) is 4.88 Å². The molecule has 1 unspecified atom stereocenters. The molecule has 0 amide bonds. The summed E-state index contributed by atoms with van der Waals surface area (Å²) < 4.78 is 0. The molecule has 16 heavy (non-hydrogen) atoms. The predicted octanol–water partition coefficient (Wildman–Crippen LogP) is 1.20. The third-order valence-corrected chi connectivity index (χ3v) is 3.69. The highest BCUT2D eigenvalue weighted by Crippen LogP contribution is 2.20. The van der Waals surface area contributed by atoms with E-state index in [0.29, 0.717) is 11.0 Å². The van der Waals surface area contributed by atoms with Crippen LogP contribution in [-0.4, -0.2) is 47.6 Å². The lowest BCUT2D eigenvalue weighted by Crippen LogP contribution is -2.18. The van der Waals surface area contributed by atoms with Crippen molar-refractivity contribution in [2.45, 2.75) is 6.42 Å². The molecule has 88 valence electrons. The number of hydrogen-bond donors (Lipinski definition) is 2. The van der Waals surface area contributed by atoms with Gasteiger partial charge in [-0.15, -0.1) is 0 Å². The molecule has 1 fully saturated rings. The molecule has 0 radical (unpaired) electrons. The van der Waals surface area contributed by atoms with E-state index in [-0.39, 0.29) is 4.88 Å². The minimum absolute atomic E-state index is 0.283. The molecular formula is C10H15N3O2S. The monoisotopic (exact) mass is 241 g/mol. The average molecular weight is 241 g/mol. The van der Waals surface area contributed by atoms with Crippen molar-refractivity contribution in [3.05, 3.63) is 11.1 Å². The maximum atomic E-state index is 10.7. The molecule has 0 aromatic carbocycles. The minimum Gasteiger partial charge on any atom is -0.477 e. The molecule has 1 atom stereocenters. The van der Waals surface area contributed by atoms with Gasteiger partial charge in [-0.25, -0.2) is 9.78 Å². The third kappa shape index (κ3) is 2.70. The fourth-order valence-corrected chi connectivity index (χ4v) is 2.54. The van der Waals surface area contributed by atoms with E-state index in [1.165, 1.54) is 24.0 Å². The molecule has 1 aromatic heterocycles. The number of aromatic nitrogens is 1. The SMILES string of the molecule is CN1CCC(CNc2ncc(C(=O)O)s2)C1. The van der Waals surface area contributed by atoms with Gasteiger partial charge in [-0.2, -0.15) is 0 Å². The number of carboxylic acid groups (broad SMARTS) is 1. The van der Waals surface area contributed by atoms with Crippen LogP contribution in [-0.2, 0) is 0 Å². The van der Waals surface area contributed by atoms with Gasteiger partial charge in [-0.1, -0.05) is 11.3 Å². The van der Waals surface area contributed by atoms with E-state index in [9.17, 15) is 4.79 Å². The van der Waals surface area contributed by atoms with E-state index >= 15 is 0 Å². The van der Waals surface area contributed by atoms with Crippen LogP contribution in [0, 0.1) is 5.92 Å². The molecule has 0 saturated carbocycles. The lowest BCUT2D eigenvalue weighted by molar-refractivity contribution is 0.0702. The quantitative estimate of drug-likeness (QED) is 0.829. The average Bonchev–Trinajstić information content (AvgIpc) is 2.83. The molecule has 0 spiro atoms. The summed E-state index contributed by atoms with van der Waals surface area (Å²) in [5.41, 5.74) is 0. The van der Waals surface area contributed by atoms with Crippen LogP contribution in [0.1, 0.15) is 16.1 Å². The Labute approximate surface area is 98.1 Å². The number of hydrogen-bond acceptors (Lipinski definition) is 5. The standard InChI is InChI=1S/C10H15N3O2S/c1-13-3-2-7(6-13)4-11-10-12-5-8(16-10)9(14)15/h5,7H,2-4,6H2,1H3,(H,11,12)(H,14,15). The van der Waals surface area contributed by atoms with Crippen LogP contribution in [0.3, 0.4) is 0 Å². The summed E-state index contributed by atoms with van der Waals surface area (Å²) >= 11 is 1.19. The van der Waals surface area contributed by atoms with Crippen molar-refractivity contribution in [1.29, 1.82) is 0 Å². The van der Waals surface area contributed by atoms with Crippen molar-refractivity contribution in [2.75, 3.05) is 32.0 Å². The highest BCUT2D eigenvalue weighted by Gasteiger charge is 2.19. The van der Waals surface area contributed by atoms with Crippen LogP contribution in [0.5, 0.6) is 0 Å². The van der Waals surface area contributed by atoms with Gasteiger partial charge in [-0.05, 0) is 25.9 Å². The smallest absolute Gasteiger partial charge is 0.347 e. The maximum Gasteiger partial charge on any atom is 0.347 e. The molecule has 6 heteroatoms. The first kappa shape index (κ1) is 11.3. The van der Waals surface area contributed by atoms with Gasteiger partial charge in [0.2, 0.25) is 0 Å².